The number of rotatable bonds is 3. The molecule has 11 heteroatoms. The van der Waals surface area contributed by atoms with Crippen LogP contribution in [0.5, 0.6) is 0 Å². The third kappa shape index (κ3) is 6.64. The number of carboxylic acids is 1. The Hall–Kier alpha value is -2.24. The zero-order valence-corrected chi connectivity index (χ0v) is 18.4. The molecule has 0 radical (unpaired) electrons. The predicted octanol–water partition coefficient (Wildman–Crippen LogP) is 2.72. The van der Waals surface area contributed by atoms with Crippen molar-refractivity contribution in [2.24, 2.45) is 5.92 Å². The summed E-state index contributed by atoms with van der Waals surface area (Å²) in [4.78, 5) is 25.7. The van der Waals surface area contributed by atoms with Gasteiger partial charge in [0.05, 0.1) is 32.9 Å². The summed E-state index contributed by atoms with van der Waals surface area (Å²) in [5, 5.41) is 7.12. The molecule has 0 bridgehead atoms. The number of amides is 1. The molecular weight excluding hydrogens is 448 g/mol. The van der Waals surface area contributed by atoms with Crippen molar-refractivity contribution in [2.75, 3.05) is 52.5 Å². The van der Waals surface area contributed by atoms with Gasteiger partial charge in [0.2, 0.25) is 0 Å². The van der Waals surface area contributed by atoms with E-state index in [4.69, 9.17) is 19.4 Å². The first-order valence-electron chi connectivity index (χ1n) is 10.8. The summed E-state index contributed by atoms with van der Waals surface area (Å²) in [5.41, 5.74) is 0.799. The lowest BCUT2D eigenvalue weighted by molar-refractivity contribution is -0.192. The smallest absolute Gasteiger partial charge is 0.475 e. The fourth-order valence-corrected chi connectivity index (χ4v) is 4.16. The van der Waals surface area contributed by atoms with Gasteiger partial charge in [-0.1, -0.05) is 6.07 Å². The van der Waals surface area contributed by atoms with Gasteiger partial charge in [0, 0.05) is 25.2 Å². The minimum Gasteiger partial charge on any atom is -0.475 e. The molecule has 1 N–H and O–H groups in total. The van der Waals surface area contributed by atoms with Crippen LogP contribution < -0.4 is 0 Å². The summed E-state index contributed by atoms with van der Waals surface area (Å²) in [7, 11) is 0. The largest absolute Gasteiger partial charge is 0.490 e. The van der Waals surface area contributed by atoms with Crippen LogP contribution >= 0.6 is 0 Å². The number of carbonyl (C=O) groups excluding carboxylic acids is 1. The van der Waals surface area contributed by atoms with E-state index in [9.17, 15) is 22.4 Å². The molecule has 1 unspecified atom stereocenters. The SMILES string of the molecule is Cc1ccc(C(=O)N2CC3(CCC(CN4CCOCC4)CO3)C2)cc1F.O=C(O)C(F)(F)F. The van der Waals surface area contributed by atoms with Crippen molar-refractivity contribution in [1.29, 1.82) is 0 Å². The minimum absolute atomic E-state index is 0.103. The molecule has 0 saturated carbocycles. The van der Waals surface area contributed by atoms with E-state index in [2.05, 4.69) is 4.90 Å². The average Bonchev–Trinajstić information content (AvgIpc) is 2.75. The average molecular weight is 476 g/mol. The van der Waals surface area contributed by atoms with Crippen molar-refractivity contribution in [3.63, 3.8) is 0 Å². The number of carbonyl (C=O) groups is 2. The Morgan fingerprint density at radius 2 is 1.85 bits per heavy atom. The summed E-state index contributed by atoms with van der Waals surface area (Å²) < 4.78 is 57.0. The number of benzene rings is 1. The number of alkyl halides is 3. The molecule has 3 saturated heterocycles. The third-order valence-electron chi connectivity index (χ3n) is 6.16. The normalized spacial score (nSPS) is 22.8. The van der Waals surface area contributed by atoms with Crippen molar-refractivity contribution in [3.05, 3.63) is 35.1 Å². The van der Waals surface area contributed by atoms with Gasteiger partial charge in [-0.15, -0.1) is 0 Å². The van der Waals surface area contributed by atoms with E-state index < -0.39 is 12.1 Å². The predicted molar refractivity (Wildman–Crippen MR) is 109 cm³/mol. The lowest BCUT2D eigenvalue weighted by Crippen LogP contribution is -2.66. The molecular formula is C22H28F4N2O5. The molecule has 3 aliphatic heterocycles. The van der Waals surface area contributed by atoms with E-state index in [-0.39, 0.29) is 17.3 Å². The quantitative estimate of drug-likeness (QED) is 0.676. The number of hydrogen-bond acceptors (Lipinski definition) is 5. The van der Waals surface area contributed by atoms with E-state index in [0.29, 0.717) is 30.1 Å². The van der Waals surface area contributed by atoms with E-state index >= 15 is 0 Å². The zero-order chi connectivity index (χ0) is 24.2. The maximum atomic E-state index is 13.7. The van der Waals surface area contributed by atoms with Crippen LogP contribution in [0.25, 0.3) is 0 Å². The molecule has 3 aliphatic rings. The van der Waals surface area contributed by atoms with E-state index in [1.165, 1.54) is 6.07 Å². The van der Waals surface area contributed by atoms with E-state index in [1.807, 2.05) is 0 Å². The standard InChI is InChI=1S/C20H27FN2O3.C2HF3O2/c1-15-2-3-17(10-18(15)21)19(24)23-13-20(14-23)5-4-16(12-26-20)11-22-6-8-25-9-7-22;3-2(4,5)1(6)7/h2-3,10,16H,4-9,11-14H2,1H3;(H,6,7). The molecule has 4 rings (SSSR count). The molecule has 3 heterocycles. The fourth-order valence-electron chi connectivity index (χ4n) is 4.16. The van der Waals surface area contributed by atoms with Gasteiger partial charge in [-0.25, -0.2) is 9.18 Å². The van der Waals surface area contributed by atoms with Gasteiger partial charge >= 0.3 is 12.1 Å². The summed E-state index contributed by atoms with van der Waals surface area (Å²) in [6.45, 7) is 8.45. The van der Waals surface area contributed by atoms with Crippen LogP contribution in [0, 0.1) is 18.7 Å². The Morgan fingerprint density at radius 1 is 1.21 bits per heavy atom. The van der Waals surface area contributed by atoms with Crippen molar-refractivity contribution < 1.29 is 41.7 Å². The van der Waals surface area contributed by atoms with Gasteiger partial charge in [-0.2, -0.15) is 13.2 Å². The van der Waals surface area contributed by atoms with Crippen LogP contribution in [0.2, 0.25) is 0 Å². The molecule has 184 valence electrons. The second kappa shape index (κ2) is 10.4. The fraction of sp³-hybridized carbons (Fsp3) is 0.636. The summed E-state index contributed by atoms with van der Waals surface area (Å²) in [5.74, 6) is -2.62. The number of aliphatic carboxylic acids is 1. The summed E-state index contributed by atoms with van der Waals surface area (Å²) in [6.07, 6.45) is -2.95. The van der Waals surface area contributed by atoms with Gasteiger partial charge in [-0.3, -0.25) is 9.69 Å². The molecule has 1 aromatic rings. The Labute approximate surface area is 189 Å². The molecule has 1 atom stereocenters. The first kappa shape index (κ1) is 25.4. The minimum atomic E-state index is -5.08. The number of ether oxygens (including phenoxy) is 2. The first-order chi connectivity index (χ1) is 15.5. The highest BCUT2D eigenvalue weighted by Gasteiger charge is 2.48. The van der Waals surface area contributed by atoms with Crippen molar-refractivity contribution >= 4 is 11.9 Å². The first-order valence-corrected chi connectivity index (χ1v) is 10.8. The highest BCUT2D eigenvalue weighted by molar-refractivity contribution is 5.95. The van der Waals surface area contributed by atoms with Gasteiger partial charge in [0.15, 0.2) is 0 Å². The van der Waals surface area contributed by atoms with Crippen LogP contribution in [-0.2, 0) is 14.3 Å². The molecule has 1 amide bonds. The van der Waals surface area contributed by atoms with Gasteiger partial charge in [0.25, 0.3) is 5.91 Å². The Morgan fingerprint density at radius 3 is 2.36 bits per heavy atom. The van der Waals surface area contributed by atoms with Gasteiger partial charge in [-0.05, 0) is 43.4 Å². The highest BCUT2D eigenvalue weighted by atomic mass is 19.4. The lowest BCUT2D eigenvalue weighted by Gasteiger charge is -2.53. The second-order valence-electron chi connectivity index (χ2n) is 8.74. The number of hydrogen-bond donors (Lipinski definition) is 1. The van der Waals surface area contributed by atoms with Crippen molar-refractivity contribution in [2.45, 2.75) is 31.5 Å². The second-order valence-corrected chi connectivity index (χ2v) is 8.74. The van der Waals surface area contributed by atoms with Crippen molar-refractivity contribution in [1.82, 2.24) is 9.80 Å². The van der Waals surface area contributed by atoms with E-state index in [0.717, 1.165) is 52.3 Å². The Kier molecular flexibility index (Phi) is 7.96. The van der Waals surface area contributed by atoms with Crippen LogP contribution in [0.4, 0.5) is 17.6 Å². The Balaban J connectivity index is 0.000000383. The zero-order valence-electron chi connectivity index (χ0n) is 18.4. The summed E-state index contributed by atoms with van der Waals surface area (Å²) in [6, 6.07) is 4.69. The Bertz CT molecular complexity index is 842. The van der Waals surface area contributed by atoms with Crippen LogP contribution in [0.15, 0.2) is 18.2 Å². The molecule has 0 aliphatic carbocycles. The number of morpholine rings is 1. The van der Waals surface area contributed by atoms with Gasteiger partial charge < -0.3 is 19.5 Å². The third-order valence-corrected chi connectivity index (χ3v) is 6.16. The number of nitrogens with zero attached hydrogens (tertiary/aromatic N) is 2. The number of likely N-dealkylation sites (tertiary alicyclic amines) is 1. The van der Waals surface area contributed by atoms with Crippen molar-refractivity contribution in [3.8, 4) is 0 Å². The monoisotopic (exact) mass is 476 g/mol. The summed E-state index contributed by atoms with van der Waals surface area (Å²) >= 11 is 0. The lowest BCUT2D eigenvalue weighted by atomic mass is 9.82. The number of carboxylic acid groups (broad SMARTS) is 1. The number of aryl methyl sites for hydroxylation is 1. The van der Waals surface area contributed by atoms with Gasteiger partial charge in [0.1, 0.15) is 11.4 Å². The maximum absolute atomic E-state index is 13.7. The van der Waals surface area contributed by atoms with Crippen LogP contribution in [0.3, 0.4) is 0 Å². The molecule has 3 fully saturated rings. The van der Waals surface area contributed by atoms with Crippen LogP contribution in [0.1, 0.15) is 28.8 Å². The topological polar surface area (TPSA) is 79.3 Å². The number of halogens is 4. The molecule has 7 nitrogen and oxygen atoms in total. The molecule has 0 aromatic heterocycles. The van der Waals surface area contributed by atoms with Crippen LogP contribution in [-0.4, -0.2) is 91.1 Å². The molecule has 33 heavy (non-hydrogen) atoms. The highest BCUT2D eigenvalue weighted by Crippen LogP contribution is 2.37. The molecule has 1 aromatic carbocycles. The van der Waals surface area contributed by atoms with E-state index in [1.54, 1.807) is 24.0 Å². The molecule has 1 spiro atoms. The maximum Gasteiger partial charge on any atom is 0.490 e.